The molecule has 0 aliphatic heterocycles. The molecular formula is C7H5AgClNO2. The smallest absolute Gasteiger partial charge is 0.872 e. The van der Waals surface area contributed by atoms with Crippen molar-refractivity contribution in [3.8, 4) is 5.75 Å². The summed E-state index contributed by atoms with van der Waals surface area (Å²) >= 11 is 5.57. The molecule has 0 radical (unpaired) electrons. The van der Waals surface area contributed by atoms with Gasteiger partial charge in [-0.15, -0.1) is 0 Å². The van der Waals surface area contributed by atoms with Crippen LogP contribution in [0.15, 0.2) is 23.4 Å². The maximum Gasteiger partial charge on any atom is 1.00 e. The van der Waals surface area contributed by atoms with Crippen molar-refractivity contribution in [3.63, 3.8) is 0 Å². The second-order valence-electron chi connectivity index (χ2n) is 1.93. The summed E-state index contributed by atoms with van der Waals surface area (Å²) in [5.41, 5.74) is 0.278. The van der Waals surface area contributed by atoms with Gasteiger partial charge in [-0.25, -0.2) is 0 Å². The van der Waals surface area contributed by atoms with Gasteiger partial charge in [-0.1, -0.05) is 28.6 Å². The predicted molar refractivity (Wildman–Crippen MR) is 40.3 cm³/mol. The van der Waals surface area contributed by atoms with E-state index in [1.54, 1.807) is 0 Å². The van der Waals surface area contributed by atoms with Gasteiger partial charge < -0.3 is 10.3 Å². The van der Waals surface area contributed by atoms with Crippen LogP contribution in [-0.2, 0) is 22.4 Å². The third kappa shape index (κ3) is 2.87. The van der Waals surface area contributed by atoms with Gasteiger partial charge in [0.25, 0.3) is 0 Å². The average Bonchev–Trinajstić information content (AvgIpc) is 1.98. The van der Waals surface area contributed by atoms with E-state index in [2.05, 4.69) is 5.16 Å². The summed E-state index contributed by atoms with van der Waals surface area (Å²) in [6.45, 7) is 0. The van der Waals surface area contributed by atoms with Gasteiger partial charge in [-0.3, -0.25) is 0 Å². The molecule has 0 saturated carbocycles. The molecular weight excluding hydrogens is 273 g/mol. The molecule has 0 aliphatic rings. The summed E-state index contributed by atoms with van der Waals surface area (Å²) in [7, 11) is 0. The fourth-order valence-corrected chi connectivity index (χ4v) is 0.863. The molecule has 0 heterocycles. The molecule has 0 aliphatic carbocycles. The van der Waals surface area contributed by atoms with Crippen LogP contribution >= 0.6 is 11.6 Å². The Hall–Kier alpha value is -0.480. The van der Waals surface area contributed by atoms with E-state index in [0.717, 1.165) is 6.21 Å². The Morgan fingerprint density at radius 2 is 2.17 bits per heavy atom. The zero-order valence-electron chi connectivity index (χ0n) is 5.79. The Kier molecular flexibility index (Phi) is 5.01. The number of rotatable bonds is 1. The molecule has 0 atom stereocenters. The van der Waals surface area contributed by atoms with Crippen LogP contribution in [0.1, 0.15) is 5.56 Å². The third-order valence-corrected chi connectivity index (χ3v) is 1.40. The number of halogens is 1. The molecule has 5 heteroatoms. The van der Waals surface area contributed by atoms with Gasteiger partial charge in [-0.05, 0) is 17.7 Å². The quantitative estimate of drug-likeness (QED) is 0.363. The maximum atomic E-state index is 10.9. The van der Waals surface area contributed by atoms with Crippen molar-refractivity contribution in [1.82, 2.24) is 0 Å². The van der Waals surface area contributed by atoms with Crippen molar-refractivity contribution < 1.29 is 32.7 Å². The molecule has 12 heavy (non-hydrogen) atoms. The van der Waals surface area contributed by atoms with Gasteiger partial charge in [0.2, 0.25) is 0 Å². The fraction of sp³-hybridized carbons (Fsp3) is 0. The minimum Gasteiger partial charge on any atom is -0.872 e. The first-order valence-corrected chi connectivity index (χ1v) is 3.26. The standard InChI is InChI=1S/C7H6ClNO2.Ag/c8-6-1-2-7(10)5(3-6)4-9-11;/h1-4,10-11H;/q;+1/p-1/b9-4-;. The van der Waals surface area contributed by atoms with E-state index < -0.39 is 0 Å². The maximum absolute atomic E-state index is 10.9. The first-order valence-electron chi connectivity index (χ1n) is 2.88. The number of hydrogen-bond acceptors (Lipinski definition) is 3. The molecule has 0 aromatic heterocycles. The van der Waals surface area contributed by atoms with Crippen molar-refractivity contribution in [2.24, 2.45) is 5.16 Å². The largest absolute Gasteiger partial charge is 1.00 e. The normalized spacial score (nSPS) is 9.75. The first-order chi connectivity index (χ1) is 5.24. The number of oxime groups is 1. The number of nitrogens with zero attached hydrogens (tertiary/aromatic N) is 1. The average molecular weight is 278 g/mol. The molecule has 68 valence electrons. The zero-order chi connectivity index (χ0) is 8.27. The Balaban J connectivity index is 0.00000121. The van der Waals surface area contributed by atoms with E-state index in [9.17, 15) is 5.11 Å². The van der Waals surface area contributed by atoms with Crippen LogP contribution in [0.25, 0.3) is 0 Å². The van der Waals surface area contributed by atoms with E-state index in [-0.39, 0.29) is 33.7 Å². The van der Waals surface area contributed by atoms with Gasteiger partial charge in [0.15, 0.2) is 0 Å². The van der Waals surface area contributed by atoms with Crippen LogP contribution in [0.4, 0.5) is 0 Å². The van der Waals surface area contributed by atoms with Crippen molar-refractivity contribution in [3.05, 3.63) is 28.8 Å². The van der Waals surface area contributed by atoms with E-state index in [0.29, 0.717) is 5.02 Å². The minimum atomic E-state index is -0.216. The SMILES string of the molecule is [Ag+].[O-]c1ccc(Cl)cc1/C=N\O. The molecule has 1 aromatic rings. The predicted octanol–water partition coefficient (Wildman–Crippen LogP) is 1.22. The van der Waals surface area contributed by atoms with Gasteiger partial charge in [0.1, 0.15) is 0 Å². The summed E-state index contributed by atoms with van der Waals surface area (Å²) in [5.74, 6) is -0.216. The molecule has 0 fully saturated rings. The first kappa shape index (κ1) is 11.5. The summed E-state index contributed by atoms with van der Waals surface area (Å²) in [6, 6.07) is 4.24. The Labute approximate surface area is 90.2 Å². The molecule has 1 N–H and O–H groups in total. The number of hydrogen-bond donors (Lipinski definition) is 1. The van der Waals surface area contributed by atoms with E-state index in [1.807, 2.05) is 0 Å². The van der Waals surface area contributed by atoms with Crippen molar-refractivity contribution in [2.75, 3.05) is 0 Å². The molecule has 0 bridgehead atoms. The topological polar surface area (TPSA) is 55.7 Å². The van der Waals surface area contributed by atoms with Crippen LogP contribution in [0.5, 0.6) is 5.75 Å². The van der Waals surface area contributed by atoms with Gasteiger partial charge in [-0.2, -0.15) is 0 Å². The summed E-state index contributed by atoms with van der Waals surface area (Å²) in [6.07, 6.45) is 1.05. The third-order valence-electron chi connectivity index (χ3n) is 1.17. The second-order valence-corrected chi connectivity index (χ2v) is 2.36. The van der Waals surface area contributed by atoms with Crippen molar-refractivity contribution in [1.29, 1.82) is 0 Å². The molecule has 0 spiro atoms. The summed E-state index contributed by atoms with van der Waals surface area (Å²) in [5, 5.41) is 22.2. The zero-order valence-corrected chi connectivity index (χ0v) is 8.03. The molecule has 1 rings (SSSR count). The Bertz CT molecular complexity index is 291. The number of benzene rings is 1. The van der Waals surface area contributed by atoms with Gasteiger partial charge in [0, 0.05) is 5.02 Å². The summed E-state index contributed by atoms with van der Waals surface area (Å²) < 4.78 is 0. The van der Waals surface area contributed by atoms with Crippen molar-refractivity contribution in [2.45, 2.75) is 0 Å². The van der Waals surface area contributed by atoms with Crippen LogP contribution in [0, 0.1) is 0 Å². The van der Waals surface area contributed by atoms with Gasteiger partial charge >= 0.3 is 22.4 Å². The minimum absolute atomic E-state index is 0. The van der Waals surface area contributed by atoms with E-state index in [4.69, 9.17) is 16.8 Å². The van der Waals surface area contributed by atoms with Crippen LogP contribution in [0.3, 0.4) is 0 Å². The van der Waals surface area contributed by atoms with Gasteiger partial charge in [0.05, 0.1) is 6.21 Å². The Morgan fingerprint density at radius 3 is 2.75 bits per heavy atom. The van der Waals surface area contributed by atoms with Crippen LogP contribution < -0.4 is 5.11 Å². The van der Waals surface area contributed by atoms with Crippen LogP contribution in [-0.4, -0.2) is 11.4 Å². The molecule has 1 aromatic carbocycles. The second kappa shape index (κ2) is 5.22. The Morgan fingerprint density at radius 1 is 1.50 bits per heavy atom. The monoisotopic (exact) mass is 277 g/mol. The molecule has 0 unspecified atom stereocenters. The molecule has 0 saturated heterocycles. The molecule has 0 amide bonds. The van der Waals surface area contributed by atoms with Crippen LogP contribution in [0.2, 0.25) is 5.02 Å². The van der Waals surface area contributed by atoms with Crippen molar-refractivity contribution >= 4 is 17.8 Å². The fourth-order valence-electron chi connectivity index (χ4n) is 0.682. The van der Waals surface area contributed by atoms with E-state index >= 15 is 0 Å². The summed E-state index contributed by atoms with van der Waals surface area (Å²) in [4.78, 5) is 0. The molecule has 3 nitrogen and oxygen atoms in total. The van der Waals surface area contributed by atoms with E-state index in [1.165, 1.54) is 18.2 Å².